The van der Waals surface area contributed by atoms with Gasteiger partial charge < -0.3 is 10.6 Å². The molecule has 0 aromatic carbocycles. The highest BCUT2D eigenvalue weighted by Crippen LogP contribution is 2.10. The number of halogens is 1. The summed E-state index contributed by atoms with van der Waals surface area (Å²) in [5.74, 6) is 0.868. The quantitative estimate of drug-likeness (QED) is 0.832. The molecule has 2 rings (SSSR count). The number of nitrogens with one attached hydrogen (secondary N) is 2. The summed E-state index contributed by atoms with van der Waals surface area (Å²) in [4.78, 5) is 12.2. The normalized spacial score (nSPS) is 10.2. The van der Waals surface area contributed by atoms with E-state index < -0.39 is 0 Å². The van der Waals surface area contributed by atoms with Crippen LogP contribution in [-0.4, -0.2) is 31.7 Å². The van der Waals surface area contributed by atoms with Gasteiger partial charge in [-0.05, 0) is 30.2 Å². The van der Waals surface area contributed by atoms with Gasteiger partial charge in [-0.1, -0.05) is 6.92 Å². The largest absolute Gasteiger partial charge is 0.354 e. The van der Waals surface area contributed by atoms with Crippen molar-refractivity contribution in [1.29, 1.82) is 0 Å². The van der Waals surface area contributed by atoms with E-state index in [0.29, 0.717) is 18.4 Å². The van der Waals surface area contributed by atoms with E-state index in [2.05, 4.69) is 42.7 Å². The Morgan fingerprint density at radius 2 is 1.95 bits per heavy atom. The van der Waals surface area contributed by atoms with E-state index in [1.165, 1.54) is 0 Å². The van der Waals surface area contributed by atoms with Crippen molar-refractivity contribution in [2.45, 2.75) is 19.9 Å². The number of aromatic nitrogens is 5. The third-order valence-electron chi connectivity index (χ3n) is 2.20. The predicted molar refractivity (Wildman–Crippen MR) is 73.0 cm³/mol. The molecule has 2 aromatic heterocycles. The van der Waals surface area contributed by atoms with E-state index in [-0.39, 0.29) is 5.28 Å². The van der Waals surface area contributed by atoms with Crippen LogP contribution < -0.4 is 10.6 Å². The molecular formula is C11H14ClN7. The molecule has 0 unspecified atom stereocenters. The van der Waals surface area contributed by atoms with Crippen molar-refractivity contribution in [3.05, 3.63) is 29.3 Å². The Kier molecular flexibility index (Phi) is 4.79. The molecule has 8 heteroatoms. The molecule has 19 heavy (non-hydrogen) atoms. The van der Waals surface area contributed by atoms with Gasteiger partial charge in [-0.25, -0.2) is 0 Å². The lowest BCUT2D eigenvalue weighted by molar-refractivity contribution is 0.901. The maximum absolute atomic E-state index is 5.84. The van der Waals surface area contributed by atoms with Crippen molar-refractivity contribution in [1.82, 2.24) is 25.1 Å². The SMILES string of the molecule is CCCNc1nc(Cl)nc(NCc2cccnn2)n1. The molecule has 0 aliphatic carbocycles. The van der Waals surface area contributed by atoms with Gasteiger partial charge >= 0.3 is 0 Å². The summed E-state index contributed by atoms with van der Waals surface area (Å²) in [6.45, 7) is 3.31. The predicted octanol–water partition coefficient (Wildman–Crippen LogP) is 1.75. The molecule has 0 bridgehead atoms. The van der Waals surface area contributed by atoms with Crippen molar-refractivity contribution in [3.8, 4) is 0 Å². The summed E-state index contributed by atoms with van der Waals surface area (Å²) >= 11 is 5.84. The molecule has 100 valence electrons. The van der Waals surface area contributed by atoms with E-state index in [9.17, 15) is 0 Å². The molecule has 0 aliphatic rings. The number of hydrogen-bond acceptors (Lipinski definition) is 7. The lowest BCUT2D eigenvalue weighted by Gasteiger charge is -2.07. The molecule has 0 spiro atoms. The Labute approximate surface area is 115 Å². The summed E-state index contributed by atoms with van der Waals surface area (Å²) in [5, 5.41) is 14.0. The molecule has 2 aromatic rings. The minimum Gasteiger partial charge on any atom is -0.354 e. The number of hydrogen-bond donors (Lipinski definition) is 2. The zero-order valence-electron chi connectivity index (χ0n) is 10.5. The smallest absolute Gasteiger partial charge is 0.229 e. The molecule has 2 N–H and O–H groups in total. The standard InChI is InChI=1S/C11H14ClN7/c1-2-5-13-10-16-9(12)17-11(18-10)14-7-8-4-3-6-15-19-8/h3-4,6H,2,5,7H2,1H3,(H2,13,14,16,17,18). The average Bonchev–Trinajstić information content (AvgIpc) is 2.43. The summed E-state index contributed by atoms with van der Waals surface area (Å²) in [7, 11) is 0. The summed E-state index contributed by atoms with van der Waals surface area (Å²) in [6, 6.07) is 3.68. The second kappa shape index (κ2) is 6.79. The second-order valence-electron chi connectivity index (χ2n) is 3.75. The van der Waals surface area contributed by atoms with E-state index in [1.807, 2.05) is 12.1 Å². The van der Waals surface area contributed by atoms with E-state index in [0.717, 1.165) is 18.7 Å². The summed E-state index contributed by atoms with van der Waals surface area (Å²) < 4.78 is 0. The van der Waals surface area contributed by atoms with E-state index in [4.69, 9.17) is 11.6 Å². The molecule has 0 radical (unpaired) electrons. The number of rotatable bonds is 6. The van der Waals surface area contributed by atoms with Crippen molar-refractivity contribution < 1.29 is 0 Å². The van der Waals surface area contributed by atoms with Crippen LogP contribution in [0.25, 0.3) is 0 Å². The first-order chi connectivity index (χ1) is 9.28. The first-order valence-electron chi connectivity index (χ1n) is 5.94. The van der Waals surface area contributed by atoms with Crippen LogP contribution in [0.2, 0.25) is 5.28 Å². The fourth-order valence-corrected chi connectivity index (χ4v) is 1.50. The Hall–Kier alpha value is -2.02. The Morgan fingerprint density at radius 3 is 2.63 bits per heavy atom. The Balaban J connectivity index is 2.01. The fraction of sp³-hybridized carbons (Fsp3) is 0.364. The van der Waals surface area contributed by atoms with Gasteiger partial charge in [0.05, 0.1) is 12.2 Å². The van der Waals surface area contributed by atoms with Gasteiger partial charge in [-0.2, -0.15) is 25.1 Å². The Bertz CT molecular complexity index is 520. The third-order valence-corrected chi connectivity index (χ3v) is 2.37. The highest BCUT2D eigenvalue weighted by Gasteiger charge is 2.04. The van der Waals surface area contributed by atoms with Gasteiger partial charge in [0.25, 0.3) is 0 Å². The van der Waals surface area contributed by atoms with Crippen molar-refractivity contribution in [2.24, 2.45) is 0 Å². The molecular weight excluding hydrogens is 266 g/mol. The second-order valence-corrected chi connectivity index (χ2v) is 4.09. The monoisotopic (exact) mass is 279 g/mol. The van der Waals surface area contributed by atoms with Crippen molar-refractivity contribution >= 4 is 23.5 Å². The topological polar surface area (TPSA) is 88.5 Å². The molecule has 7 nitrogen and oxygen atoms in total. The van der Waals surface area contributed by atoms with Crippen LogP contribution in [0.4, 0.5) is 11.9 Å². The zero-order valence-corrected chi connectivity index (χ0v) is 11.2. The van der Waals surface area contributed by atoms with Crippen LogP contribution in [-0.2, 0) is 6.54 Å². The van der Waals surface area contributed by atoms with E-state index in [1.54, 1.807) is 6.20 Å². The van der Waals surface area contributed by atoms with Crippen LogP contribution in [0.5, 0.6) is 0 Å². The molecule has 0 fully saturated rings. The fourth-order valence-electron chi connectivity index (χ4n) is 1.34. The molecule has 0 saturated heterocycles. The number of nitrogens with zero attached hydrogens (tertiary/aromatic N) is 5. The minimum absolute atomic E-state index is 0.148. The first-order valence-corrected chi connectivity index (χ1v) is 6.31. The lowest BCUT2D eigenvalue weighted by atomic mass is 10.4. The zero-order chi connectivity index (χ0) is 13.5. The highest BCUT2D eigenvalue weighted by molar-refractivity contribution is 6.28. The van der Waals surface area contributed by atoms with Gasteiger partial charge in [0.2, 0.25) is 17.2 Å². The van der Waals surface area contributed by atoms with Crippen LogP contribution in [0, 0.1) is 0 Å². The molecule has 0 amide bonds. The summed E-state index contributed by atoms with van der Waals surface area (Å²) in [6.07, 6.45) is 2.60. The number of anilines is 2. The summed E-state index contributed by atoms with van der Waals surface area (Å²) in [5.41, 5.74) is 0.794. The van der Waals surface area contributed by atoms with Gasteiger partial charge in [-0.3, -0.25) is 0 Å². The van der Waals surface area contributed by atoms with Gasteiger partial charge in [0.15, 0.2) is 0 Å². The minimum atomic E-state index is 0.148. The third kappa shape index (κ3) is 4.29. The van der Waals surface area contributed by atoms with Gasteiger partial charge in [-0.15, -0.1) is 0 Å². The maximum atomic E-state index is 5.84. The van der Waals surface area contributed by atoms with Crippen LogP contribution >= 0.6 is 11.6 Å². The first kappa shape index (κ1) is 13.4. The van der Waals surface area contributed by atoms with Crippen LogP contribution in [0.15, 0.2) is 18.3 Å². The molecule has 0 saturated carbocycles. The highest BCUT2D eigenvalue weighted by atomic mass is 35.5. The van der Waals surface area contributed by atoms with Crippen LogP contribution in [0.1, 0.15) is 19.0 Å². The van der Waals surface area contributed by atoms with E-state index >= 15 is 0 Å². The van der Waals surface area contributed by atoms with Crippen molar-refractivity contribution in [3.63, 3.8) is 0 Å². The Morgan fingerprint density at radius 1 is 1.16 bits per heavy atom. The van der Waals surface area contributed by atoms with Crippen molar-refractivity contribution in [2.75, 3.05) is 17.2 Å². The molecule has 2 heterocycles. The molecule has 0 atom stereocenters. The maximum Gasteiger partial charge on any atom is 0.229 e. The van der Waals surface area contributed by atoms with Gasteiger partial charge in [0.1, 0.15) is 0 Å². The average molecular weight is 280 g/mol. The van der Waals surface area contributed by atoms with Crippen LogP contribution in [0.3, 0.4) is 0 Å². The lowest BCUT2D eigenvalue weighted by Crippen LogP contribution is -2.10. The van der Waals surface area contributed by atoms with Gasteiger partial charge in [0, 0.05) is 12.7 Å². The molecule has 0 aliphatic heterocycles.